The van der Waals surface area contributed by atoms with Gasteiger partial charge < -0.3 is 5.11 Å². The average Bonchev–Trinajstić information content (AvgIpc) is 3.31. The molecule has 2 atom stereocenters. The van der Waals surface area contributed by atoms with E-state index in [9.17, 15) is 9.90 Å². The highest BCUT2D eigenvalue weighted by Gasteiger charge is 2.32. The molecule has 5 heteroatoms. The number of rotatable bonds is 12. The van der Waals surface area contributed by atoms with E-state index in [-0.39, 0.29) is 18.1 Å². The van der Waals surface area contributed by atoms with Crippen molar-refractivity contribution < 1.29 is 14.3 Å². The first-order chi connectivity index (χ1) is 15.7. The summed E-state index contributed by atoms with van der Waals surface area (Å²) in [5, 5.41) is 14.4. The van der Waals surface area contributed by atoms with Gasteiger partial charge in [-0.1, -0.05) is 51.5 Å². The Morgan fingerprint density at radius 1 is 1.27 bits per heavy atom. The number of benzene rings is 1. The van der Waals surface area contributed by atoms with Crippen molar-refractivity contribution in [3.63, 3.8) is 0 Å². The second-order valence-corrected chi connectivity index (χ2v) is 9.82. The minimum Gasteiger partial charge on any atom is -0.506 e. The Hall–Kier alpha value is -2.43. The highest BCUT2D eigenvalue weighted by atomic mass is 19.1. The van der Waals surface area contributed by atoms with Gasteiger partial charge in [0.2, 0.25) is 0 Å². The van der Waals surface area contributed by atoms with Crippen molar-refractivity contribution in [3.05, 3.63) is 58.4 Å². The Labute approximate surface area is 197 Å². The van der Waals surface area contributed by atoms with E-state index in [4.69, 9.17) is 0 Å². The Morgan fingerprint density at radius 3 is 2.73 bits per heavy atom. The molecular weight excluding hydrogens is 415 g/mol. The molecule has 0 spiro atoms. The van der Waals surface area contributed by atoms with Crippen LogP contribution in [-0.2, 0) is 23.4 Å². The van der Waals surface area contributed by atoms with Crippen LogP contribution in [0.15, 0.2) is 24.8 Å². The Morgan fingerprint density at radius 2 is 2.03 bits per heavy atom. The fourth-order valence-electron chi connectivity index (χ4n) is 5.31. The maximum atomic E-state index is 16.0. The van der Waals surface area contributed by atoms with Crippen LogP contribution in [-0.4, -0.2) is 20.7 Å². The number of ketones is 1. The first-order valence-electron chi connectivity index (χ1n) is 12.4. The predicted molar refractivity (Wildman–Crippen MR) is 132 cm³/mol. The largest absolute Gasteiger partial charge is 0.506 e. The molecule has 4 nitrogen and oxygen atoms in total. The van der Waals surface area contributed by atoms with E-state index in [1.54, 1.807) is 4.68 Å². The Bertz CT molecular complexity index is 1010. The molecule has 1 heterocycles. The number of halogens is 1. The number of nitrogens with zero attached hydrogens (tertiary/aromatic N) is 2. The molecular formula is C28H39FN2O2. The topological polar surface area (TPSA) is 55.1 Å². The second kappa shape index (κ2) is 10.7. The number of aliphatic hydroxyl groups is 1. The molecule has 1 aliphatic carbocycles. The molecule has 0 radical (unpaired) electrons. The SMILES string of the molecule is C=C(O)c1nn(CC(=O)CCCCCC(F)(CCC)c2cccc(C)c2C)c2c1C(C)CC2. The van der Waals surface area contributed by atoms with Crippen LogP contribution in [0.3, 0.4) is 0 Å². The first kappa shape index (κ1) is 25.2. The van der Waals surface area contributed by atoms with E-state index in [2.05, 4.69) is 18.6 Å². The molecule has 0 saturated carbocycles. The van der Waals surface area contributed by atoms with Crippen molar-refractivity contribution >= 4 is 11.5 Å². The van der Waals surface area contributed by atoms with Crippen LogP contribution in [0.5, 0.6) is 0 Å². The number of aliphatic hydroxyl groups excluding tert-OH is 1. The number of aryl methyl sites for hydroxylation is 1. The van der Waals surface area contributed by atoms with Gasteiger partial charge >= 0.3 is 0 Å². The zero-order chi connectivity index (χ0) is 24.2. The number of fused-ring (bicyclic) bond motifs is 1. The van der Waals surface area contributed by atoms with Crippen molar-refractivity contribution in [3.8, 4) is 0 Å². The van der Waals surface area contributed by atoms with E-state index in [1.165, 1.54) is 0 Å². The van der Waals surface area contributed by atoms with Gasteiger partial charge in [-0.3, -0.25) is 9.48 Å². The summed E-state index contributed by atoms with van der Waals surface area (Å²) in [7, 11) is 0. The van der Waals surface area contributed by atoms with Gasteiger partial charge in [-0.15, -0.1) is 0 Å². The molecule has 2 aromatic rings. The quantitative estimate of drug-likeness (QED) is 0.271. The zero-order valence-electron chi connectivity index (χ0n) is 20.7. The predicted octanol–water partition coefficient (Wildman–Crippen LogP) is 7.26. The molecule has 180 valence electrons. The molecule has 1 aromatic carbocycles. The van der Waals surface area contributed by atoms with Crippen LogP contribution in [0, 0.1) is 13.8 Å². The summed E-state index contributed by atoms with van der Waals surface area (Å²) >= 11 is 0. The average molecular weight is 455 g/mol. The lowest BCUT2D eigenvalue weighted by atomic mass is 9.82. The van der Waals surface area contributed by atoms with Gasteiger partial charge in [0.05, 0.1) is 6.54 Å². The third-order valence-corrected chi connectivity index (χ3v) is 7.27. The molecule has 1 N–H and O–H groups in total. The standard InChI is InChI=1S/C28H39FN2O2/c1-6-16-28(29,24-13-10-11-19(2)21(24)4)17-9-7-8-12-23(33)18-31-25-15-14-20(3)26(25)27(30-31)22(5)32/h10-11,13,20,32H,5-9,12,14-18H2,1-4H3. The molecule has 0 fully saturated rings. The van der Waals surface area contributed by atoms with E-state index < -0.39 is 5.67 Å². The summed E-state index contributed by atoms with van der Waals surface area (Å²) in [6, 6.07) is 5.91. The van der Waals surface area contributed by atoms with Gasteiger partial charge in [-0.25, -0.2) is 4.39 Å². The van der Waals surface area contributed by atoms with E-state index in [1.807, 2.05) is 39.0 Å². The fourth-order valence-corrected chi connectivity index (χ4v) is 5.31. The monoisotopic (exact) mass is 454 g/mol. The van der Waals surface area contributed by atoms with Crippen molar-refractivity contribution in [2.75, 3.05) is 0 Å². The molecule has 1 aromatic heterocycles. The number of aromatic nitrogens is 2. The molecule has 0 aliphatic heterocycles. The van der Waals surface area contributed by atoms with Crippen LogP contribution in [0.4, 0.5) is 4.39 Å². The normalized spacial score (nSPS) is 17.1. The van der Waals surface area contributed by atoms with E-state index >= 15 is 4.39 Å². The molecule has 0 bridgehead atoms. The molecule has 33 heavy (non-hydrogen) atoms. The van der Waals surface area contributed by atoms with Crippen LogP contribution >= 0.6 is 0 Å². The molecule has 3 rings (SSSR count). The van der Waals surface area contributed by atoms with Crippen LogP contribution in [0.2, 0.25) is 0 Å². The number of hydrogen-bond donors (Lipinski definition) is 1. The van der Waals surface area contributed by atoms with Crippen LogP contribution in [0.1, 0.15) is 105 Å². The number of Topliss-reactive ketones (excluding diaryl/α,β-unsaturated/α-hetero) is 1. The van der Waals surface area contributed by atoms with Gasteiger partial charge in [0.1, 0.15) is 17.1 Å². The zero-order valence-corrected chi connectivity index (χ0v) is 20.7. The first-order valence-corrected chi connectivity index (χ1v) is 12.4. The summed E-state index contributed by atoms with van der Waals surface area (Å²) in [5.41, 5.74) is 4.32. The minimum absolute atomic E-state index is 0.0307. The third kappa shape index (κ3) is 5.56. The maximum absolute atomic E-state index is 16.0. The third-order valence-electron chi connectivity index (χ3n) is 7.27. The van der Waals surface area contributed by atoms with Crippen molar-refractivity contribution in [2.24, 2.45) is 0 Å². The lowest BCUT2D eigenvalue weighted by molar-refractivity contribution is -0.120. The summed E-state index contributed by atoms with van der Waals surface area (Å²) in [5.74, 6) is 0.422. The smallest absolute Gasteiger partial charge is 0.154 e. The molecule has 0 amide bonds. The number of carbonyl (C=O) groups excluding carboxylic acids is 1. The van der Waals surface area contributed by atoms with Gasteiger partial charge in [0, 0.05) is 17.7 Å². The van der Waals surface area contributed by atoms with Crippen LogP contribution < -0.4 is 0 Å². The minimum atomic E-state index is -1.30. The Balaban J connectivity index is 1.52. The Kier molecular flexibility index (Phi) is 8.14. The van der Waals surface area contributed by atoms with Crippen molar-refractivity contribution in [1.82, 2.24) is 9.78 Å². The fraction of sp³-hybridized carbons (Fsp3) is 0.571. The van der Waals surface area contributed by atoms with Gasteiger partial charge in [-0.05, 0) is 75.0 Å². The number of alkyl halides is 1. The number of carbonyl (C=O) groups is 1. The van der Waals surface area contributed by atoms with Crippen LogP contribution in [0.25, 0.3) is 5.76 Å². The van der Waals surface area contributed by atoms with Gasteiger partial charge in [0.15, 0.2) is 5.78 Å². The summed E-state index contributed by atoms with van der Waals surface area (Å²) in [4.78, 5) is 12.6. The molecule has 2 unspecified atom stereocenters. The van der Waals surface area contributed by atoms with Crippen molar-refractivity contribution in [1.29, 1.82) is 0 Å². The lowest BCUT2D eigenvalue weighted by Crippen LogP contribution is -2.22. The summed E-state index contributed by atoms with van der Waals surface area (Å²) in [6.45, 7) is 12.1. The van der Waals surface area contributed by atoms with E-state index in [0.29, 0.717) is 30.9 Å². The number of hydrogen-bond acceptors (Lipinski definition) is 3. The second-order valence-electron chi connectivity index (χ2n) is 9.82. The highest BCUT2D eigenvalue weighted by Crippen LogP contribution is 2.39. The van der Waals surface area contributed by atoms with Gasteiger partial charge in [0.25, 0.3) is 0 Å². The summed E-state index contributed by atoms with van der Waals surface area (Å²) < 4.78 is 17.7. The highest BCUT2D eigenvalue weighted by molar-refractivity contribution is 5.78. The van der Waals surface area contributed by atoms with Gasteiger partial charge in [-0.2, -0.15) is 5.10 Å². The summed E-state index contributed by atoms with van der Waals surface area (Å²) in [6.07, 6.45) is 6.52. The maximum Gasteiger partial charge on any atom is 0.154 e. The molecule has 1 aliphatic rings. The lowest BCUT2D eigenvalue weighted by Gasteiger charge is -2.28. The van der Waals surface area contributed by atoms with E-state index in [0.717, 1.165) is 66.5 Å². The van der Waals surface area contributed by atoms with Crippen molar-refractivity contribution in [2.45, 2.75) is 104 Å². The molecule has 0 saturated heterocycles. The number of unbranched alkanes of at least 4 members (excludes halogenated alkanes) is 2.